The van der Waals surface area contributed by atoms with Crippen LogP contribution in [0.3, 0.4) is 0 Å². The monoisotopic (exact) mass is 405 g/mol. The number of oxime groups is 1. The van der Waals surface area contributed by atoms with E-state index in [-0.39, 0.29) is 12.3 Å². The minimum Gasteiger partial charge on any atom is -0.467 e. The van der Waals surface area contributed by atoms with Gasteiger partial charge >= 0.3 is 5.97 Å². The lowest BCUT2D eigenvalue weighted by atomic mass is 9.95. The van der Waals surface area contributed by atoms with Gasteiger partial charge in [-0.05, 0) is 41.8 Å². The molecule has 7 heteroatoms. The smallest absolute Gasteiger partial charge is 0.328 e. The molecule has 7 nitrogen and oxygen atoms in total. The number of nitrogens with zero attached hydrogens (tertiary/aromatic N) is 3. The highest BCUT2D eigenvalue weighted by Gasteiger charge is 2.36. The first-order valence-electron chi connectivity index (χ1n) is 9.58. The highest BCUT2D eigenvalue weighted by Crippen LogP contribution is 2.27. The van der Waals surface area contributed by atoms with Crippen LogP contribution in [0.1, 0.15) is 34.3 Å². The van der Waals surface area contributed by atoms with Crippen LogP contribution in [0.15, 0.2) is 47.6 Å². The van der Waals surface area contributed by atoms with E-state index in [2.05, 4.69) is 11.2 Å². The lowest BCUT2D eigenvalue weighted by Crippen LogP contribution is -2.50. The highest BCUT2D eigenvalue weighted by molar-refractivity contribution is 6.00. The van der Waals surface area contributed by atoms with Crippen molar-refractivity contribution < 1.29 is 19.2 Å². The van der Waals surface area contributed by atoms with Crippen LogP contribution in [0, 0.1) is 18.3 Å². The van der Waals surface area contributed by atoms with Gasteiger partial charge in [0.05, 0.1) is 24.5 Å². The largest absolute Gasteiger partial charge is 0.467 e. The number of likely N-dealkylation sites (tertiary alicyclic amines) is 1. The number of hydrogen-bond acceptors (Lipinski definition) is 6. The summed E-state index contributed by atoms with van der Waals surface area (Å²) >= 11 is 0. The van der Waals surface area contributed by atoms with Crippen LogP contribution in [0.4, 0.5) is 0 Å². The van der Waals surface area contributed by atoms with Crippen LogP contribution < -0.4 is 0 Å². The number of esters is 1. The van der Waals surface area contributed by atoms with Gasteiger partial charge in [0.2, 0.25) is 0 Å². The van der Waals surface area contributed by atoms with Crippen LogP contribution >= 0.6 is 0 Å². The topological polar surface area (TPSA) is 92.0 Å². The third kappa shape index (κ3) is 4.18. The van der Waals surface area contributed by atoms with E-state index in [0.29, 0.717) is 24.1 Å². The molecule has 1 aliphatic heterocycles. The van der Waals surface area contributed by atoms with Crippen molar-refractivity contribution in [2.75, 3.05) is 20.8 Å². The number of hydrogen-bond donors (Lipinski definition) is 0. The first-order valence-corrected chi connectivity index (χ1v) is 9.58. The summed E-state index contributed by atoms with van der Waals surface area (Å²) in [5.74, 6) is -0.719. The molecule has 0 aliphatic carbocycles. The molecule has 1 aliphatic rings. The molecule has 1 unspecified atom stereocenters. The average Bonchev–Trinajstić information content (AvgIpc) is 2.78. The second-order valence-corrected chi connectivity index (χ2v) is 7.00. The van der Waals surface area contributed by atoms with Crippen molar-refractivity contribution >= 4 is 17.6 Å². The van der Waals surface area contributed by atoms with Gasteiger partial charge in [-0.1, -0.05) is 29.4 Å². The Hall–Kier alpha value is -3.66. The standard InChI is InChI=1S/C23H23N3O4/c1-15-18(14-24)5-4-6-20(15)16-7-9-17(10-8-16)22(27)26-12-11-19(25-30-3)13-21(26)23(28)29-2/h4-10,21H,11-13H2,1-3H3/b25-19+. The van der Waals surface area contributed by atoms with Crippen molar-refractivity contribution in [3.63, 3.8) is 0 Å². The zero-order chi connectivity index (χ0) is 21.7. The summed E-state index contributed by atoms with van der Waals surface area (Å²) in [5.41, 5.74) is 4.58. The van der Waals surface area contributed by atoms with Crippen molar-refractivity contribution in [2.45, 2.75) is 25.8 Å². The minimum absolute atomic E-state index is 0.240. The molecule has 30 heavy (non-hydrogen) atoms. The summed E-state index contributed by atoms with van der Waals surface area (Å²) in [6.07, 6.45) is 0.815. The van der Waals surface area contributed by atoms with Crippen LogP contribution in [0.5, 0.6) is 0 Å². The van der Waals surface area contributed by atoms with Crippen molar-refractivity contribution in [3.8, 4) is 17.2 Å². The Morgan fingerprint density at radius 3 is 2.53 bits per heavy atom. The molecular weight excluding hydrogens is 382 g/mol. The molecule has 0 saturated carbocycles. The Balaban J connectivity index is 1.85. The lowest BCUT2D eigenvalue weighted by molar-refractivity contribution is -0.146. The number of ether oxygens (including phenoxy) is 1. The van der Waals surface area contributed by atoms with Gasteiger partial charge in [0, 0.05) is 24.9 Å². The number of rotatable bonds is 4. The van der Waals surface area contributed by atoms with Crippen LogP contribution in [-0.2, 0) is 14.4 Å². The molecule has 1 amide bonds. The number of benzene rings is 2. The predicted octanol–water partition coefficient (Wildman–Crippen LogP) is 3.31. The van der Waals surface area contributed by atoms with Crippen molar-refractivity contribution in [1.29, 1.82) is 5.26 Å². The summed E-state index contributed by atoms with van der Waals surface area (Å²) in [4.78, 5) is 31.7. The maximum atomic E-state index is 13.1. The molecule has 0 radical (unpaired) electrons. The zero-order valence-electron chi connectivity index (χ0n) is 17.2. The lowest BCUT2D eigenvalue weighted by Gasteiger charge is -2.34. The van der Waals surface area contributed by atoms with Gasteiger partial charge in [-0.15, -0.1) is 0 Å². The molecule has 154 valence electrons. The zero-order valence-corrected chi connectivity index (χ0v) is 17.2. The molecule has 1 fully saturated rings. The molecule has 2 aromatic carbocycles. The number of carbonyl (C=O) groups is 2. The van der Waals surface area contributed by atoms with E-state index in [1.165, 1.54) is 19.1 Å². The molecule has 0 aromatic heterocycles. The van der Waals surface area contributed by atoms with E-state index >= 15 is 0 Å². The van der Waals surface area contributed by atoms with Gasteiger partial charge < -0.3 is 14.5 Å². The Labute approximate surface area is 175 Å². The molecule has 0 bridgehead atoms. The van der Waals surface area contributed by atoms with Gasteiger partial charge in [-0.25, -0.2) is 4.79 Å². The van der Waals surface area contributed by atoms with E-state index in [1.807, 2.05) is 31.2 Å². The molecule has 3 rings (SSSR count). The number of nitriles is 1. The SMILES string of the molecule is CO/N=C1\CCN(C(=O)c2ccc(-c3cccc(C#N)c3C)cc2)C(C(=O)OC)C1. The quantitative estimate of drug-likeness (QED) is 0.575. The van der Waals surface area contributed by atoms with Gasteiger partial charge in [0.25, 0.3) is 5.91 Å². The summed E-state index contributed by atoms with van der Waals surface area (Å²) in [7, 11) is 2.76. The van der Waals surface area contributed by atoms with E-state index in [4.69, 9.17) is 9.57 Å². The van der Waals surface area contributed by atoms with Gasteiger partial charge in [0.15, 0.2) is 0 Å². The summed E-state index contributed by atoms with van der Waals surface area (Å²) in [6, 6.07) is 14.2. The van der Waals surface area contributed by atoms with Gasteiger partial charge in [-0.2, -0.15) is 5.26 Å². The number of methoxy groups -OCH3 is 1. The van der Waals surface area contributed by atoms with Crippen LogP contribution in [0.25, 0.3) is 11.1 Å². The van der Waals surface area contributed by atoms with Crippen molar-refractivity contribution in [1.82, 2.24) is 4.90 Å². The fraction of sp³-hybridized carbons (Fsp3) is 0.304. The van der Waals surface area contributed by atoms with Crippen molar-refractivity contribution in [3.05, 3.63) is 59.2 Å². The number of carbonyl (C=O) groups excluding carboxylic acids is 2. The Morgan fingerprint density at radius 2 is 1.90 bits per heavy atom. The predicted molar refractivity (Wildman–Crippen MR) is 112 cm³/mol. The van der Waals surface area contributed by atoms with E-state index in [9.17, 15) is 14.9 Å². The highest BCUT2D eigenvalue weighted by atomic mass is 16.6. The summed E-state index contributed by atoms with van der Waals surface area (Å²) < 4.78 is 4.89. The second-order valence-electron chi connectivity index (χ2n) is 7.00. The molecule has 0 spiro atoms. The maximum absolute atomic E-state index is 13.1. The summed E-state index contributed by atoms with van der Waals surface area (Å²) in [6.45, 7) is 2.26. The van der Waals surface area contributed by atoms with E-state index < -0.39 is 12.0 Å². The second kappa shape index (κ2) is 9.23. The number of piperidine rings is 1. The van der Waals surface area contributed by atoms with E-state index in [0.717, 1.165) is 22.4 Å². The Morgan fingerprint density at radius 1 is 1.17 bits per heavy atom. The summed E-state index contributed by atoms with van der Waals surface area (Å²) in [5, 5.41) is 13.2. The van der Waals surface area contributed by atoms with Crippen LogP contribution in [0.2, 0.25) is 0 Å². The fourth-order valence-electron chi connectivity index (χ4n) is 3.67. The van der Waals surface area contributed by atoms with Crippen molar-refractivity contribution in [2.24, 2.45) is 5.16 Å². The average molecular weight is 405 g/mol. The molecule has 1 heterocycles. The Bertz CT molecular complexity index is 1020. The molecule has 1 saturated heterocycles. The maximum Gasteiger partial charge on any atom is 0.328 e. The molecular formula is C23H23N3O4. The molecule has 2 aromatic rings. The minimum atomic E-state index is -0.737. The number of amides is 1. The van der Waals surface area contributed by atoms with Gasteiger partial charge in [-0.3, -0.25) is 4.79 Å². The first kappa shape index (κ1) is 21.1. The van der Waals surface area contributed by atoms with Crippen LogP contribution in [-0.4, -0.2) is 49.3 Å². The third-order valence-corrected chi connectivity index (χ3v) is 5.30. The molecule has 1 atom stereocenters. The molecule has 0 N–H and O–H groups in total. The fourth-order valence-corrected chi connectivity index (χ4v) is 3.67. The van der Waals surface area contributed by atoms with Gasteiger partial charge in [0.1, 0.15) is 13.2 Å². The Kier molecular flexibility index (Phi) is 6.48. The van der Waals surface area contributed by atoms with E-state index in [1.54, 1.807) is 18.2 Å². The third-order valence-electron chi connectivity index (χ3n) is 5.30. The normalized spacial score (nSPS) is 17.3. The first-order chi connectivity index (χ1) is 14.5.